The molecule has 1 aliphatic rings. The second-order valence-electron chi connectivity index (χ2n) is 5.51. The van der Waals surface area contributed by atoms with Crippen molar-refractivity contribution in [3.05, 3.63) is 17.7 Å². The minimum Gasteiger partial charge on any atom is -0.490 e. The zero-order chi connectivity index (χ0) is 18.1. The largest absolute Gasteiger partial charge is 0.490 e. The number of hydrogen-bond donors (Lipinski definition) is 2. The summed E-state index contributed by atoms with van der Waals surface area (Å²) in [6.07, 6.45) is -0.0156. The molecule has 1 unspecified atom stereocenters. The van der Waals surface area contributed by atoms with Crippen molar-refractivity contribution < 1.29 is 23.7 Å². The zero-order valence-electron chi connectivity index (χ0n) is 15.2. The van der Waals surface area contributed by atoms with Crippen molar-refractivity contribution in [2.45, 2.75) is 26.9 Å². The minimum atomic E-state index is -0.195. The van der Waals surface area contributed by atoms with E-state index in [0.29, 0.717) is 55.8 Å². The van der Waals surface area contributed by atoms with Crippen LogP contribution in [0.4, 0.5) is 0 Å². The number of ether oxygens (including phenoxy) is 4. The number of hydrogen-bond acceptors (Lipinski definition) is 6. The fourth-order valence-corrected chi connectivity index (χ4v) is 2.58. The third-order valence-electron chi connectivity index (χ3n) is 3.67. The normalized spacial score (nSPS) is 17.0. The van der Waals surface area contributed by atoms with Gasteiger partial charge in [-0.25, -0.2) is 0 Å². The molecule has 7 nitrogen and oxygen atoms in total. The second kappa shape index (κ2) is 10.1. The van der Waals surface area contributed by atoms with Gasteiger partial charge in [-0.1, -0.05) is 0 Å². The van der Waals surface area contributed by atoms with Crippen LogP contribution in [0.1, 0.15) is 31.1 Å². The molecule has 0 aliphatic carbocycles. The molecule has 0 bridgehead atoms. The molecule has 2 rings (SSSR count). The Morgan fingerprint density at radius 1 is 1.16 bits per heavy atom. The maximum Gasteiger partial charge on any atom is 0.251 e. The van der Waals surface area contributed by atoms with Crippen LogP contribution in [0.2, 0.25) is 0 Å². The number of carbonyl (C=O) groups excluding carboxylic acids is 1. The third kappa shape index (κ3) is 5.51. The molecule has 0 radical (unpaired) electrons. The zero-order valence-corrected chi connectivity index (χ0v) is 15.2. The number of carbonyl (C=O) groups is 1. The van der Waals surface area contributed by atoms with Gasteiger partial charge in [-0.05, 0) is 32.9 Å². The molecular formula is C18H28N2O5. The van der Waals surface area contributed by atoms with E-state index < -0.39 is 0 Å². The first-order valence-electron chi connectivity index (χ1n) is 8.86. The van der Waals surface area contributed by atoms with Gasteiger partial charge in [0.05, 0.1) is 32.5 Å². The van der Waals surface area contributed by atoms with Crippen molar-refractivity contribution in [1.29, 1.82) is 0 Å². The van der Waals surface area contributed by atoms with Crippen LogP contribution in [0, 0.1) is 0 Å². The highest BCUT2D eigenvalue weighted by Crippen LogP contribution is 2.39. The van der Waals surface area contributed by atoms with Crippen LogP contribution in [0.5, 0.6) is 17.2 Å². The van der Waals surface area contributed by atoms with E-state index in [0.717, 1.165) is 13.1 Å². The van der Waals surface area contributed by atoms with Crippen LogP contribution in [0.25, 0.3) is 0 Å². The van der Waals surface area contributed by atoms with Gasteiger partial charge in [0.25, 0.3) is 5.91 Å². The highest BCUT2D eigenvalue weighted by molar-refractivity contribution is 5.95. The lowest BCUT2D eigenvalue weighted by atomic mass is 10.1. The Morgan fingerprint density at radius 2 is 1.80 bits per heavy atom. The van der Waals surface area contributed by atoms with Gasteiger partial charge < -0.3 is 29.6 Å². The number of rotatable bonds is 9. The van der Waals surface area contributed by atoms with Crippen LogP contribution < -0.4 is 24.8 Å². The maximum atomic E-state index is 12.5. The van der Waals surface area contributed by atoms with Gasteiger partial charge in [0.1, 0.15) is 0 Å². The molecule has 140 valence electrons. The molecule has 1 aromatic rings. The lowest BCUT2D eigenvalue weighted by Crippen LogP contribution is -2.45. The smallest absolute Gasteiger partial charge is 0.251 e. The standard InChI is InChI=1S/C18H28N2O5/c1-4-22-15-9-13(10-16(23-5-2)17(15)24-6-3)18(21)20-12-14-11-19-7-8-25-14/h9-10,14,19H,4-8,11-12H2,1-3H3,(H,20,21). The number of amides is 1. The molecular weight excluding hydrogens is 324 g/mol. The van der Waals surface area contributed by atoms with E-state index in [1.54, 1.807) is 12.1 Å². The summed E-state index contributed by atoms with van der Waals surface area (Å²) in [5.74, 6) is 1.36. The summed E-state index contributed by atoms with van der Waals surface area (Å²) >= 11 is 0. The Kier molecular flexibility index (Phi) is 7.81. The van der Waals surface area contributed by atoms with Gasteiger partial charge in [-0.3, -0.25) is 4.79 Å². The molecule has 0 aromatic heterocycles. The van der Waals surface area contributed by atoms with E-state index in [-0.39, 0.29) is 12.0 Å². The summed E-state index contributed by atoms with van der Waals surface area (Å²) < 4.78 is 22.5. The molecule has 2 N–H and O–H groups in total. The van der Waals surface area contributed by atoms with Crippen molar-refractivity contribution in [3.8, 4) is 17.2 Å². The number of nitrogens with one attached hydrogen (secondary N) is 2. The Bertz CT molecular complexity index is 531. The fraction of sp³-hybridized carbons (Fsp3) is 0.611. The molecule has 1 amide bonds. The molecule has 1 aliphatic heterocycles. The van der Waals surface area contributed by atoms with Crippen molar-refractivity contribution >= 4 is 5.91 Å². The average Bonchev–Trinajstić information content (AvgIpc) is 2.63. The molecule has 0 saturated carbocycles. The van der Waals surface area contributed by atoms with E-state index in [1.165, 1.54) is 0 Å². The topological polar surface area (TPSA) is 78.1 Å². The quantitative estimate of drug-likeness (QED) is 0.703. The van der Waals surface area contributed by atoms with Gasteiger partial charge in [-0.15, -0.1) is 0 Å². The van der Waals surface area contributed by atoms with Crippen LogP contribution in [0.15, 0.2) is 12.1 Å². The van der Waals surface area contributed by atoms with Crippen molar-refractivity contribution in [2.24, 2.45) is 0 Å². The number of benzene rings is 1. The first kappa shape index (κ1) is 19.3. The summed E-state index contributed by atoms with van der Waals surface area (Å²) in [6, 6.07) is 3.37. The van der Waals surface area contributed by atoms with Crippen LogP contribution in [-0.2, 0) is 4.74 Å². The predicted molar refractivity (Wildman–Crippen MR) is 94.9 cm³/mol. The van der Waals surface area contributed by atoms with E-state index in [9.17, 15) is 4.79 Å². The van der Waals surface area contributed by atoms with Crippen LogP contribution >= 0.6 is 0 Å². The monoisotopic (exact) mass is 352 g/mol. The van der Waals surface area contributed by atoms with Gasteiger partial charge >= 0.3 is 0 Å². The van der Waals surface area contributed by atoms with Crippen LogP contribution in [-0.4, -0.2) is 58.1 Å². The molecule has 1 aromatic carbocycles. The number of morpholine rings is 1. The van der Waals surface area contributed by atoms with Gasteiger partial charge in [-0.2, -0.15) is 0 Å². The summed E-state index contributed by atoms with van der Waals surface area (Å²) in [6.45, 7) is 9.78. The summed E-state index contributed by atoms with van der Waals surface area (Å²) in [5, 5.41) is 6.14. The second-order valence-corrected chi connectivity index (χ2v) is 5.51. The third-order valence-corrected chi connectivity index (χ3v) is 3.67. The van der Waals surface area contributed by atoms with E-state index in [2.05, 4.69) is 10.6 Å². The molecule has 1 fully saturated rings. The fourth-order valence-electron chi connectivity index (χ4n) is 2.58. The average molecular weight is 352 g/mol. The first-order valence-corrected chi connectivity index (χ1v) is 8.86. The highest BCUT2D eigenvalue weighted by Gasteiger charge is 2.20. The Labute approximate surface area is 149 Å². The Balaban J connectivity index is 2.15. The molecule has 1 saturated heterocycles. The Hall–Kier alpha value is -1.99. The Morgan fingerprint density at radius 3 is 2.32 bits per heavy atom. The van der Waals surface area contributed by atoms with Crippen molar-refractivity contribution in [2.75, 3.05) is 46.1 Å². The van der Waals surface area contributed by atoms with E-state index >= 15 is 0 Å². The minimum absolute atomic E-state index is 0.0156. The molecule has 25 heavy (non-hydrogen) atoms. The lowest BCUT2D eigenvalue weighted by Gasteiger charge is -2.24. The SMILES string of the molecule is CCOc1cc(C(=O)NCC2CNCCO2)cc(OCC)c1OCC. The summed E-state index contributed by atoms with van der Waals surface area (Å²) in [5.41, 5.74) is 0.471. The van der Waals surface area contributed by atoms with Crippen LogP contribution in [0.3, 0.4) is 0 Å². The molecule has 1 heterocycles. The van der Waals surface area contributed by atoms with Crippen molar-refractivity contribution in [3.63, 3.8) is 0 Å². The summed E-state index contributed by atoms with van der Waals surface area (Å²) in [4.78, 5) is 12.5. The first-order chi connectivity index (χ1) is 12.2. The van der Waals surface area contributed by atoms with Gasteiger partial charge in [0.2, 0.25) is 5.75 Å². The lowest BCUT2D eigenvalue weighted by molar-refractivity contribution is 0.0287. The maximum absolute atomic E-state index is 12.5. The predicted octanol–water partition coefficient (Wildman–Crippen LogP) is 1.60. The molecule has 7 heteroatoms. The van der Waals surface area contributed by atoms with Crippen molar-refractivity contribution in [1.82, 2.24) is 10.6 Å². The molecule has 1 atom stereocenters. The van der Waals surface area contributed by atoms with E-state index in [4.69, 9.17) is 18.9 Å². The van der Waals surface area contributed by atoms with Gasteiger partial charge in [0.15, 0.2) is 11.5 Å². The summed E-state index contributed by atoms with van der Waals surface area (Å²) in [7, 11) is 0. The highest BCUT2D eigenvalue weighted by atomic mass is 16.5. The molecule has 0 spiro atoms. The van der Waals surface area contributed by atoms with Gasteiger partial charge in [0, 0.05) is 25.2 Å². The van der Waals surface area contributed by atoms with E-state index in [1.807, 2.05) is 20.8 Å².